The van der Waals surface area contributed by atoms with Gasteiger partial charge in [-0.15, -0.1) is 30.3 Å². The average Bonchev–Trinajstić information content (AvgIpc) is 1.90. The molecule has 0 aliphatic heterocycles. The van der Waals surface area contributed by atoms with Crippen molar-refractivity contribution in [3.8, 4) is 0 Å². The van der Waals surface area contributed by atoms with Crippen molar-refractivity contribution in [2.75, 3.05) is 0 Å². The van der Waals surface area contributed by atoms with Gasteiger partial charge in [0, 0.05) is 0 Å². The molecular formula is C7H5KO2. The normalized spacial score (nSPS) is 8.00. The SMILES string of the molecule is O=C(O)c1[c-]cccc1.[K+]. The van der Waals surface area contributed by atoms with Crippen LogP contribution in [0.1, 0.15) is 10.4 Å². The number of hydrogen-bond acceptors (Lipinski definition) is 1. The third-order valence-electron chi connectivity index (χ3n) is 0.939. The van der Waals surface area contributed by atoms with Crippen molar-refractivity contribution < 1.29 is 61.3 Å². The van der Waals surface area contributed by atoms with E-state index in [-0.39, 0.29) is 56.9 Å². The Bertz CT molecular complexity index is 208. The number of benzene rings is 1. The van der Waals surface area contributed by atoms with E-state index >= 15 is 0 Å². The van der Waals surface area contributed by atoms with Gasteiger partial charge < -0.3 is 9.90 Å². The van der Waals surface area contributed by atoms with Crippen LogP contribution in [0.5, 0.6) is 0 Å². The molecule has 0 saturated heterocycles. The van der Waals surface area contributed by atoms with E-state index in [9.17, 15) is 4.79 Å². The molecular weight excluding hydrogens is 155 g/mol. The quantitative estimate of drug-likeness (QED) is 0.388. The maximum absolute atomic E-state index is 10.2. The molecule has 0 atom stereocenters. The maximum Gasteiger partial charge on any atom is 1.00 e. The van der Waals surface area contributed by atoms with Crippen LogP contribution >= 0.6 is 0 Å². The second kappa shape index (κ2) is 5.04. The van der Waals surface area contributed by atoms with Crippen LogP contribution in [0.25, 0.3) is 0 Å². The Morgan fingerprint density at radius 2 is 2.20 bits per heavy atom. The summed E-state index contributed by atoms with van der Waals surface area (Å²) in [7, 11) is 0. The zero-order valence-corrected chi connectivity index (χ0v) is 8.79. The Kier molecular flexibility index (Phi) is 5.20. The first-order valence-corrected chi connectivity index (χ1v) is 2.51. The number of carboxylic acid groups (broad SMARTS) is 1. The van der Waals surface area contributed by atoms with Crippen molar-refractivity contribution in [3.63, 3.8) is 0 Å². The summed E-state index contributed by atoms with van der Waals surface area (Å²) in [4.78, 5) is 10.2. The van der Waals surface area contributed by atoms with Crippen LogP contribution in [0.4, 0.5) is 0 Å². The predicted molar refractivity (Wildman–Crippen MR) is 32.2 cm³/mol. The summed E-state index contributed by atoms with van der Waals surface area (Å²) in [5.41, 5.74) is 0.206. The van der Waals surface area contributed by atoms with Gasteiger partial charge in [0.1, 0.15) is 0 Å². The van der Waals surface area contributed by atoms with Gasteiger partial charge in [0.05, 0.1) is 0 Å². The Morgan fingerprint density at radius 1 is 1.50 bits per heavy atom. The molecule has 0 unspecified atom stereocenters. The Morgan fingerprint density at radius 3 is 2.50 bits per heavy atom. The summed E-state index contributed by atoms with van der Waals surface area (Å²) in [6.45, 7) is 0. The molecule has 0 aromatic heterocycles. The van der Waals surface area contributed by atoms with Gasteiger partial charge in [0.2, 0.25) is 5.97 Å². The number of carbonyl (C=O) groups is 1. The van der Waals surface area contributed by atoms with Gasteiger partial charge in [-0.2, -0.15) is 0 Å². The predicted octanol–water partition coefficient (Wildman–Crippen LogP) is -1.81. The van der Waals surface area contributed by atoms with Gasteiger partial charge in [-0.25, -0.2) is 0 Å². The molecule has 0 aliphatic rings. The van der Waals surface area contributed by atoms with Crippen molar-refractivity contribution in [2.45, 2.75) is 0 Å². The molecule has 2 nitrogen and oxygen atoms in total. The van der Waals surface area contributed by atoms with Gasteiger partial charge in [-0.3, -0.25) is 0 Å². The minimum absolute atomic E-state index is 0. The monoisotopic (exact) mass is 160 g/mol. The summed E-state index contributed by atoms with van der Waals surface area (Å²) in [5.74, 6) is -0.935. The molecule has 3 heteroatoms. The fourth-order valence-electron chi connectivity index (χ4n) is 0.526. The van der Waals surface area contributed by atoms with Crippen molar-refractivity contribution in [1.29, 1.82) is 0 Å². The smallest absolute Gasteiger partial charge is 0.521 e. The average molecular weight is 160 g/mol. The van der Waals surface area contributed by atoms with E-state index in [0.29, 0.717) is 0 Å². The largest absolute Gasteiger partial charge is 1.00 e. The second-order valence-corrected chi connectivity index (χ2v) is 1.58. The van der Waals surface area contributed by atoms with Gasteiger partial charge in [-0.1, -0.05) is 5.56 Å². The molecule has 1 N–H and O–H groups in total. The van der Waals surface area contributed by atoms with Gasteiger partial charge in [0.25, 0.3) is 0 Å². The fourth-order valence-corrected chi connectivity index (χ4v) is 0.526. The number of rotatable bonds is 1. The van der Waals surface area contributed by atoms with Crippen molar-refractivity contribution in [3.05, 3.63) is 35.9 Å². The van der Waals surface area contributed by atoms with E-state index in [4.69, 9.17) is 5.11 Å². The molecule has 0 radical (unpaired) electrons. The summed E-state index contributed by atoms with van der Waals surface area (Å²) < 4.78 is 0. The molecule has 0 heterocycles. The number of hydrogen-bond donors (Lipinski definition) is 1. The van der Waals surface area contributed by atoms with Crippen LogP contribution in [0, 0.1) is 6.07 Å². The Labute approximate surface area is 102 Å². The molecule has 0 bridgehead atoms. The van der Waals surface area contributed by atoms with Crippen LogP contribution in [0.3, 0.4) is 0 Å². The number of aromatic carboxylic acids is 1. The van der Waals surface area contributed by atoms with Crippen LogP contribution in [0.2, 0.25) is 0 Å². The second-order valence-electron chi connectivity index (χ2n) is 1.58. The minimum Gasteiger partial charge on any atom is -0.521 e. The van der Waals surface area contributed by atoms with E-state index in [0.717, 1.165) is 0 Å². The van der Waals surface area contributed by atoms with Gasteiger partial charge in [0.15, 0.2) is 0 Å². The third-order valence-corrected chi connectivity index (χ3v) is 0.939. The van der Waals surface area contributed by atoms with E-state index in [1.807, 2.05) is 0 Å². The topological polar surface area (TPSA) is 37.3 Å². The van der Waals surface area contributed by atoms with E-state index in [2.05, 4.69) is 6.07 Å². The first-order valence-electron chi connectivity index (χ1n) is 2.51. The molecule has 0 fully saturated rings. The Balaban J connectivity index is 0.000000810. The molecule has 0 saturated carbocycles. The molecule has 0 aliphatic carbocycles. The minimum atomic E-state index is -0.935. The van der Waals surface area contributed by atoms with E-state index in [1.165, 1.54) is 6.07 Å². The van der Waals surface area contributed by atoms with Crippen molar-refractivity contribution in [2.24, 2.45) is 0 Å². The summed E-state index contributed by atoms with van der Waals surface area (Å²) >= 11 is 0. The van der Waals surface area contributed by atoms with Crippen LogP contribution < -0.4 is 51.4 Å². The van der Waals surface area contributed by atoms with E-state index in [1.54, 1.807) is 18.2 Å². The first kappa shape index (κ1) is 10.3. The Hall–Kier alpha value is 0.326. The molecule has 0 spiro atoms. The summed E-state index contributed by atoms with van der Waals surface area (Å²) in [5, 5.41) is 8.35. The molecule has 1 rings (SSSR count). The van der Waals surface area contributed by atoms with Gasteiger partial charge >= 0.3 is 51.4 Å². The van der Waals surface area contributed by atoms with Crippen LogP contribution in [0.15, 0.2) is 24.3 Å². The van der Waals surface area contributed by atoms with E-state index < -0.39 is 5.97 Å². The standard InChI is InChI=1S/C7H5O2.K/c8-7(9)6-4-2-1-3-5-6;/h1-4H,(H,8,9);/q-1;+1. The zero-order chi connectivity index (χ0) is 6.69. The van der Waals surface area contributed by atoms with Gasteiger partial charge in [-0.05, 0) is 0 Å². The number of carboxylic acids is 1. The summed E-state index contributed by atoms with van der Waals surface area (Å²) in [6, 6.07) is 9.04. The van der Waals surface area contributed by atoms with Crippen LogP contribution in [-0.2, 0) is 0 Å². The van der Waals surface area contributed by atoms with Crippen molar-refractivity contribution >= 4 is 5.97 Å². The zero-order valence-electron chi connectivity index (χ0n) is 5.66. The molecule has 1 aromatic rings. The first-order chi connectivity index (χ1) is 4.30. The molecule has 10 heavy (non-hydrogen) atoms. The fraction of sp³-hybridized carbons (Fsp3) is 0. The molecule has 1 aromatic carbocycles. The third kappa shape index (κ3) is 2.94. The van der Waals surface area contributed by atoms with Crippen LogP contribution in [-0.4, -0.2) is 11.1 Å². The van der Waals surface area contributed by atoms with Crippen molar-refractivity contribution in [1.82, 2.24) is 0 Å². The molecule has 0 amide bonds. The molecule has 46 valence electrons. The summed E-state index contributed by atoms with van der Waals surface area (Å²) in [6.07, 6.45) is 0. The maximum atomic E-state index is 10.2.